The molecule has 1 amide bonds. The Labute approximate surface area is 137 Å². The van der Waals surface area contributed by atoms with Crippen LogP contribution in [0.4, 0.5) is 24.5 Å². The minimum Gasteiger partial charge on any atom is -0.370 e. The Morgan fingerprint density at radius 1 is 1.08 bits per heavy atom. The first-order valence-corrected chi connectivity index (χ1v) is 7.64. The lowest BCUT2D eigenvalue weighted by Crippen LogP contribution is -2.20. The van der Waals surface area contributed by atoms with Crippen LogP contribution in [0.3, 0.4) is 0 Å². The first-order valence-electron chi connectivity index (χ1n) is 7.64. The van der Waals surface area contributed by atoms with Gasteiger partial charge in [-0.25, -0.2) is 4.98 Å². The summed E-state index contributed by atoms with van der Waals surface area (Å²) in [6, 6.07) is 8.16. The van der Waals surface area contributed by atoms with Gasteiger partial charge in [-0.15, -0.1) is 0 Å². The average Bonchev–Trinajstić information content (AvgIpc) is 3.09. The number of nitrogens with zero attached hydrogens (tertiary/aromatic N) is 2. The van der Waals surface area contributed by atoms with Crippen molar-refractivity contribution in [1.82, 2.24) is 4.98 Å². The van der Waals surface area contributed by atoms with E-state index in [-0.39, 0.29) is 11.4 Å². The lowest BCUT2D eigenvalue weighted by molar-refractivity contribution is -0.136. The van der Waals surface area contributed by atoms with Crippen molar-refractivity contribution in [2.75, 3.05) is 23.3 Å². The highest BCUT2D eigenvalue weighted by Gasteiger charge is 2.33. The van der Waals surface area contributed by atoms with Crippen molar-refractivity contribution in [3.8, 4) is 0 Å². The summed E-state index contributed by atoms with van der Waals surface area (Å²) < 4.78 is 38.9. The SMILES string of the molecule is O=C(Nc1ccccc1C(F)(F)F)c1ccc(N2CCCC2)cn1. The minimum atomic E-state index is -4.53. The van der Waals surface area contributed by atoms with E-state index in [2.05, 4.69) is 15.2 Å². The quantitative estimate of drug-likeness (QED) is 0.924. The van der Waals surface area contributed by atoms with E-state index >= 15 is 0 Å². The molecule has 24 heavy (non-hydrogen) atoms. The first-order chi connectivity index (χ1) is 11.4. The second kappa shape index (κ2) is 6.51. The molecule has 0 unspecified atom stereocenters. The first kappa shape index (κ1) is 16.3. The van der Waals surface area contributed by atoms with Gasteiger partial charge in [0.05, 0.1) is 23.1 Å². The minimum absolute atomic E-state index is 0.0786. The summed E-state index contributed by atoms with van der Waals surface area (Å²) in [5.74, 6) is -0.667. The number of nitrogens with one attached hydrogen (secondary N) is 1. The zero-order valence-electron chi connectivity index (χ0n) is 12.8. The third kappa shape index (κ3) is 3.50. The molecule has 1 aliphatic rings. The van der Waals surface area contributed by atoms with Crippen molar-refractivity contribution in [2.24, 2.45) is 0 Å². The van der Waals surface area contributed by atoms with Gasteiger partial charge >= 0.3 is 6.18 Å². The maximum Gasteiger partial charge on any atom is 0.418 e. The van der Waals surface area contributed by atoms with E-state index in [1.807, 2.05) is 0 Å². The van der Waals surface area contributed by atoms with Gasteiger partial charge in [0.25, 0.3) is 5.91 Å². The third-order valence-corrected chi connectivity index (χ3v) is 3.93. The van der Waals surface area contributed by atoms with Crippen LogP contribution < -0.4 is 10.2 Å². The van der Waals surface area contributed by atoms with Gasteiger partial charge in [-0.1, -0.05) is 12.1 Å². The fourth-order valence-electron chi connectivity index (χ4n) is 2.71. The van der Waals surface area contributed by atoms with Crippen molar-refractivity contribution in [3.63, 3.8) is 0 Å². The molecule has 0 saturated carbocycles. The number of rotatable bonds is 3. The Balaban J connectivity index is 1.76. The second-order valence-electron chi connectivity index (χ2n) is 5.59. The molecule has 0 aliphatic carbocycles. The Morgan fingerprint density at radius 3 is 2.42 bits per heavy atom. The maximum atomic E-state index is 13.0. The van der Waals surface area contributed by atoms with Crippen LogP contribution in [-0.2, 0) is 6.18 Å². The number of alkyl halides is 3. The van der Waals surface area contributed by atoms with Gasteiger partial charge < -0.3 is 10.2 Å². The summed E-state index contributed by atoms with van der Waals surface area (Å²) in [6.45, 7) is 1.90. The van der Waals surface area contributed by atoms with Gasteiger partial charge in [-0.3, -0.25) is 4.79 Å². The van der Waals surface area contributed by atoms with Crippen LogP contribution in [0.1, 0.15) is 28.9 Å². The molecule has 0 atom stereocenters. The predicted molar refractivity (Wildman–Crippen MR) is 85.1 cm³/mol. The van der Waals surface area contributed by atoms with Crippen LogP contribution in [0.15, 0.2) is 42.6 Å². The van der Waals surface area contributed by atoms with Crippen LogP contribution in [0.5, 0.6) is 0 Å². The number of anilines is 2. The highest BCUT2D eigenvalue weighted by atomic mass is 19.4. The standard InChI is InChI=1S/C17H16F3N3O/c18-17(19,20)13-5-1-2-6-14(13)22-16(24)15-8-7-12(11-21-15)23-9-3-4-10-23/h1-2,5-8,11H,3-4,9-10H2,(H,22,24). The summed E-state index contributed by atoms with van der Waals surface area (Å²) in [4.78, 5) is 18.4. The smallest absolute Gasteiger partial charge is 0.370 e. The lowest BCUT2D eigenvalue weighted by Gasteiger charge is -2.17. The van der Waals surface area contributed by atoms with Gasteiger partial charge in [-0.2, -0.15) is 13.2 Å². The van der Waals surface area contributed by atoms with Crippen LogP contribution >= 0.6 is 0 Å². The van der Waals surface area contributed by atoms with Crippen LogP contribution in [0, 0.1) is 0 Å². The molecule has 7 heteroatoms. The third-order valence-electron chi connectivity index (χ3n) is 3.93. The van der Waals surface area contributed by atoms with E-state index in [9.17, 15) is 18.0 Å². The van der Waals surface area contributed by atoms with E-state index in [1.54, 1.807) is 12.3 Å². The Hall–Kier alpha value is -2.57. The Kier molecular flexibility index (Phi) is 4.42. The molecule has 0 bridgehead atoms. The highest BCUT2D eigenvalue weighted by molar-refractivity contribution is 6.03. The molecule has 126 valence electrons. The number of benzene rings is 1. The average molecular weight is 335 g/mol. The predicted octanol–water partition coefficient (Wildman–Crippen LogP) is 3.95. The number of pyridine rings is 1. The van der Waals surface area contributed by atoms with E-state index in [0.717, 1.165) is 37.7 Å². The number of hydrogen-bond donors (Lipinski definition) is 1. The van der Waals surface area contributed by atoms with Crippen molar-refractivity contribution < 1.29 is 18.0 Å². The van der Waals surface area contributed by atoms with Gasteiger partial charge in [0.15, 0.2) is 0 Å². The van der Waals surface area contributed by atoms with Crippen molar-refractivity contribution in [1.29, 1.82) is 0 Å². The summed E-state index contributed by atoms with van der Waals surface area (Å²) >= 11 is 0. The van der Waals surface area contributed by atoms with Crippen molar-refractivity contribution in [2.45, 2.75) is 19.0 Å². The topological polar surface area (TPSA) is 45.2 Å². The molecule has 1 saturated heterocycles. The monoisotopic (exact) mass is 335 g/mol. The highest BCUT2D eigenvalue weighted by Crippen LogP contribution is 2.34. The van der Waals surface area contributed by atoms with Crippen molar-refractivity contribution in [3.05, 3.63) is 53.9 Å². The molecule has 0 radical (unpaired) electrons. The Morgan fingerprint density at radius 2 is 1.79 bits per heavy atom. The van der Waals surface area contributed by atoms with Crippen LogP contribution in [0.2, 0.25) is 0 Å². The molecule has 2 heterocycles. The summed E-state index contributed by atoms with van der Waals surface area (Å²) in [6.07, 6.45) is -0.709. The number of carbonyl (C=O) groups excluding carboxylic acids is 1. The molecule has 1 aromatic carbocycles. The van der Waals surface area contributed by atoms with Crippen LogP contribution in [0.25, 0.3) is 0 Å². The molecule has 4 nitrogen and oxygen atoms in total. The molecule has 3 rings (SSSR count). The normalized spacial score (nSPS) is 14.7. The summed E-state index contributed by atoms with van der Waals surface area (Å²) in [7, 11) is 0. The molecular weight excluding hydrogens is 319 g/mol. The van der Waals surface area contributed by atoms with Crippen molar-refractivity contribution >= 4 is 17.3 Å². The summed E-state index contributed by atoms with van der Waals surface area (Å²) in [5, 5.41) is 2.29. The fraction of sp³-hybridized carbons (Fsp3) is 0.294. The molecular formula is C17H16F3N3O. The molecule has 1 aromatic heterocycles. The van der Waals surface area contributed by atoms with Gasteiger partial charge in [-0.05, 0) is 37.1 Å². The van der Waals surface area contributed by atoms with E-state index < -0.39 is 17.6 Å². The Bertz CT molecular complexity index is 723. The molecule has 2 aromatic rings. The number of amides is 1. The molecule has 1 fully saturated rings. The number of hydrogen-bond acceptors (Lipinski definition) is 3. The fourth-order valence-corrected chi connectivity index (χ4v) is 2.71. The number of halogens is 3. The van der Waals surface area contributed by atoms with E-state index in [0.29, 0.717) is 0 Å². The maximum absolute atomic E-state index is 13.0. The van der Waals surface area contributed by atoms with Gasteiger partial charge in [0.2, 0.25) is 0 Å². The number of carbonyl (C=O) groups is 1. The molecule has 1 N–H and O–H groups in total. The summed E-state index contributed by atoms with van der Waals surface area (Å²) in [5.41, 5.74) is -0.165. The second-order valence-corrected chi connectivity index (χ2v) is 5.59. The van der Waals surface area contributed by atoms with E-state index in [4.69, 9.17) is 0 Å². The number of aromatic nitrogens is 1. The lowest BCUT2D eigenvalue weighted by atomic mass is 10.1. The largest absolute Gasteiger partial charge is 0.418 e. The molecule has 0 spiro atoms. The van der Waals surface area contributed by atoms with Gasteiger partial charge in [0, 0.05) is 13.1 Å². The van der Waals surface area contributed by atoms with Gasteiger partial charge in [0.1, 0.15) is 5.69 Å². The van der Waals surface area contributed by atoms with E-state index in [1.165, 1.54) is 24.3 Å². The number of para-hydroxylation sites is 1. The zero-order valence-corrected chi connectivity index (χ0v) is 12.8. The van der Waals surface area contributed by atoms with Crippen LogP contribution in [-0.4, -0.2) is 24.0 Å². The molecule has 1 aliphatic heterocycles. The zero-order chi connectivity index (χ0) is 17.2.